The normalized spacial score (nSPS) is 16.4. The van der Waals surface area contributed by atoms with E-state index in [2.05, 4.69) is 0 Å². The number of benzene rings is 1. The number of carbonyl (C=O) groups excluding carboxylic acids is 2. The highest BCUT2D eigenvalue weighted by Crippen LogP contribution is 2.37. The monoisotopic (exact) mass is 238 g/mol. The molecule has 0 aliphatic carbocycles. The van der Waals surface area contributed by atoms with Gasteiger partial charge in [0.15, 0.2) is 12.6 Å². The molecule has 88 valence electrons. The second-order valence-corrected chi connectivity index (χ2v) is 3.92. The van der Waals surface area contributed by atoms with Crippen molar-refractivity contribution in [1.82, 2.24) is 5.01 Å². The van der Waals surface area contributed by atoms with Crippen molar-refractivity contribution in [1.29, 1.82) is 0 Å². The lowest BCUT2D eigenvalue weighted by Gasteiger charge is -2.39. The van der Waals surface area contributed by atoms with Crippen molar-refractivity contribution < 1.29 is 9.59 Å². The summed E-state index contributed by atoms with van der Waals surface area (Å²) in [6.07, 6.45) is 8.73. The van der Waals surface area contributed by atoms with Crippen LogP contribution in [0.25, 0.3) is 5.57 Å². The first-order valence-corrected chi connectivity index (χ1v) is 5.54. The van der Waals surface area contributed by atoms with Crippen molar-refractivity contribution in [3.63, 3.8) is 0 Å². The molecular formula is C14H10N2O2. The fourth-order valence-corrected chi connectivity index (χ4v) is 2.20. The van der Waals surface area contributed by atoms with E-state index in [4.69, 9.17) is 0 Å². The van der Waals surface area contributed by atoms with E-state index < -0.39 is 0 Å². The van der Waals surface area contributed by atoms with Gasteiger partial charge in [0, 0.05) is 18.0 Å². The molecule has 18 heavy (non-hydrogen) atoms. The van der Waals surface area contributed by atoms with Crippen LogP contribution in [0.5, 0.6) is 0 Å². The third kappa shape index (κ3) is 1.32. The largest absolute Gasteiger partial charge is 0.298 e. The molecule has 0 saturated carbocycles. The highest BCUT2D eigenvalue weighted by atomic mass is 16.1. The second-order valence-electron chi connectivity index (χ2n) is 3.92. The zero-order valence-corrected chi connectivity index (χ0v) is 9.48. The number of carbonyl (C=O) groups is 2. The number of allylic oxidation sites excluding steroid dienone is 4. The Balaban J connectivity index is 2.31. The average Bonchev–Trinajstić information content (AvgIpc) is 2.45. The Bertz CT molecular complexity index is 614. The predicted octanol–water partition coefficient (Wildman–Crippen LogP) is 1.87. The van der Waals surface area contributed by atoms with Gasteiger partial charge in [-0.25, -0.2) is 0 Å². The minimum absolute atomic E-state index is 0.351. The summed E-state index contributed by atoms with van der Waals surface area (Å²) >= 11 is 0. The lowest BCUT2D eigenvalue weighted by Crippen LogP contribution is -2.39. The average molecular weight is 238 g/mol. The van der Waals surface area contributed by atoms with Gasteiger partial charge in [-0.05, 0) is 18.2 Å². The van der Waals surface area contributed by atoms with E-state index in [1.54, 1.807) is 11.2 Å². The van der Waals surface area contributed by atoms with Crippen molar-refractivity contribution in [3.05, 3.63) is 60.1 Å². The predicted molar refractivity (Wildman–Crippen MR) is 68.1 cm³/mol. The van der Waals surface area contributed by atoms with Crippen molar-refractivity contribution in [2.75, 3.05) is 5.01 Å². The first kappa shape index (κ1) is 10.5. The Kier molecular flexibility index (Phi) is 2.34. The Morgan fingerprint density at radius 2 is 1.61 bits per heavy atom. The van der Waals surface area contributed by atoms with Gasteiger partial charge in [-0.3, -0.25) is 19.6 Å². The third-order valence-electron chi connectivity index (χ3n) is 2.99. The lowest BCUT2D eigenvalue weighted by molar-refractivity contribution is -0.107. The summed E-state index contributed by atoms with van der Waals surface area (Å²) in [6.45, 7) is 0. The number of aldehydes is 2. The van der Waals surface area contributed by atoms with Crippen LogP contribution in [0.15, 0.2) is 54.5 Å². The minimum atomic E-state index is 0.351. The van der Waals surface area contributed by atoms with Crippen LogP contribution in [-0.2, 0) is 9.59 Å². The number of hydrazine groups is 1. The lowest BCUT2D eigenvalue weighted by atomic mass is 10.00. The molecule has 1 aromatic rings. The summed E-state index contributed by atoms with van der Waals surface area (Å²) in [5.41, 5.74) is 2.41. The highest BCUT2D eigenvalue weighted by Gasteiger charge is 2.28. The first-order valence-electron chi connectivity index (χ1n) is 5.54. The van der Waals surface area contributed by atoms with Gasteiger partial charge in [0.1, 0.15) is 5.70 Å². The van der Waals surface area contributed by atoms with Crippen LogP contribution in [0.2, 0.25) is 0 Å². The van der Waals surface area contributed by atoms with Crippen LogP contribution in [0.1, 0.15) is 5.56 Å². The van der Waals surface area contributed by atoms with E-state index in [-0.39, 0.29) is 0 Å². The summed E-state index contributed by atoms with van der Waals surface area (Å²) in [7, 11) is 0. The summed E-state index contributed by atoms with van der Waals surface area (Å²) in [4.78, 5) is 22.5. The van der Waals surface area contributed by atoms with Crippen molar-refractivity contribution in [2.45, 2.75) is 0 Å². The Morgan fingerprint density at radius 1 is 0.889 bits per heavy atom. The zero-order chi connectivity index (χ0) is 12.5. The molecule has 0 amide bonds. The molecule has 0 fully saturated rings. The molecule has 4 nitrogen and oxygen atoms in total. The van der Waals surface area contributed by atoms with E-state index in [1.807, 2.05) is 47.6 Å². The number of para-hydroxylation sites is 1. The molecule has 0 atom stereocenters. The van der Waals surface area contributed by atoms with Gasteiger partial charge >= 0.3 is 0 Å². The van der Waals surface area contributed by atoms with Crippen LogP contribution >= 0.6 is 0 Å². The Morgan fingerprint density at radius 3 is 2.33 bits per heavy atom. The summed E-state index contributed by atoms with van der Waals surface area (Å²) < 4.78 is 0. The molecule has 2 aliphatic rings. The van der Waals surface area contributed by atoms with E-state index in [1.165, 1.54) is 0 Å². The summed E-state index contributed by atoms with van der Waals surface area (Å²) in [6, 6.07) is 7.50. The Hall–Kier alpha value is -2.62. The molecule has 0 bridgehead atoms. The van der Waals surface area contributed by atoms with Gasteiger partial charge < -0.3 is 0 Å². The van der Waals surface area contributed by atoms with Crippen LogP contribution in [0, 0.1) is 0 Å². The number of nitrogens with zero attached hydrogens (tertiary/aromatic N) is 2. The number of hydrogen-bond acceptors (Lipinski definition) is 4. The van der Waals surface area contributed by atoms with Crippen molar-refractivity contribution in [2.24, 2.45) is 0 Å². The fraction of sp³-hybridized carbons (Fsp3) is 0. The number of rotatable bonds is 2. The molecule has 0 radical (unpaired) electrons. The number of hydrogen-bond donors (Lipinski definition) is 0. The van der Waals surface area contributed by atoms with E-state index in [9.17, 15) is 9.59 Å². The van der Waals surface area contributed by atoms with Crippen LogP contribution in [-0.4, -0.2) is 17.6 Å². The topological polar surface area (TPSA) is 40.6 Å². The summed E-state index contributed by atoms with van der Waals surface area (Å²) in [5.74, 6) is 0. The van der Waals surface area contributed by atoms with Gasteiger partial charge in [0.05, 0.1) is 11.3 Å². The van der Waals surface area contributed by atoms with Crippen LogP contribution < -0.4 is 5.01 Å². The molecule has 0 saturated heterocycles. The van der Waals surface area contributed by atoms with Gasteiger partial charge in [0.2, 0.25) is 0 Å². The minimum Gasteiger partial charge on any atom is -0.298 e. The standard InChI is InChI=1S/C14H10N2O2/c17-9-12-11-5-1-2-6-13(11)15-7-3-4-8-16(15)14(12)10-18/h1-10H. The van der Waals surface area contributed by atoms with Gasteiger partial charge in [-0.2, -0.15) is 0 Å². The molecule has 3 rings (SSSR count). The Labute approximate surface area is 104 Å². The summed E-state index contributed by atoms with van der Waals surface area (Å²) in [5, 5.41) is 3.51. The van der Waals surface area contributed by atoms with E-state index >= 15 is 0 Å². The quantitative estimate of drug-likeness (QED) is 0.737. The first-order chi connectivity index (χ1) is 8.86. The molecule has 0 aromatic heterocycles. The fourth-order valence-electron chi connectivity index (χ4n) is 2.20. The maximum absolute atomic E-state index is 11.3. The molecule has 0 spiro atoms. The molecule has 4 heteroatoms. The zero-order valence-electron chi connectivity index (χ0n) is 9.48. The maximum Gasteiger partial charge on any atom is 0.169 e. The second kappa shape index (κ2) is 4.00. The van der Waals surface area contributed by atoms with Crippen molar-refractivity contribution >= 4 is 23.8 Å². The van der Waals surface area contributed by atoms with Gasteiger partial charge in [0.25, 0.3) is 0 Å². The molecule has 0 unspecified atom stereocenters. The van der Waals surface area contributed by atoms with Gasteiger partial charge in [-0.1, -0.05) is 18.2 Å². The van der Waals surface area contributed by atoms with Crippen molar-refractivity contribution in [3.8, 4) is 0 Å². The molecule has 2 aliphatic heterocycles. The third-order valence-corrected chi connectivity index (χ3v) is 2.99. The highest BCUT2D eigenvalue weighted by molar-refractivity contribution is 6.16. The van der Waals surface area contributed by atoms with Crippen LogP contribution in [0.4, 0.5) is 5.69 Å². The smallest absolute Gasteiger partial charge is 0.169 e. The maximum atomic E-state index is 11.3. The molecular weight excluding hydrogens is 228 g/mol. The van der Waals surface area contributed by atoms with Gasteiger partial charge in [-0.15, -0.1) is 0 Å². The van der Waals surface area contributed by atoms with E-state index in [0.29, 0.717) is 17.6 Å². The SMILES string of the molecule is O=CC1=C(C=O)N2C=CC=CN2c2ccccc21. The van der Waals surface area contributed by atoms with E-state index in [0.717, 1.165) is 17.5 Å². The number of fused-ring (bicyclic) bond motifs is 3. The number of anilines is 1. The molecule has 0 N–H and O–H groups in total. The molecule has 1 aromatic carbocycles. The van der Waals surface area contributed by atoms with Crippen LogP contribution in [0.3, 0.4) is 0 Å². The molecule has 2 heterocycles.